The van der Waals surface area contributed by atoms with E-state index in [-0.39, 0.29) is 5.91 Å². The minimum Gasteiger partial charge on any atom is -0.457 e. The molecular formula is C16H18N2O2S. The molecule has 4 nitrogen and oxygen atoms in total. The van der Waals surface area contributed by atoms with Crippen LogP contribution in [0.25, 0.3) is 0 Å². The smallest absolute Gasteiger partial charge is 0.234 e. The Hall–Kier alpha value is -1.98. The van der Waals surface area contributed by atoms with E-state index in [9.17, 15) is 4.79 Å². The van der Waals surface area contributed by atoms with Gasteiger partial charge in [0.25, 0.3) is 0 Å². The molecule has 1 amide bonds. The van der Waals surface area contributed by atoms with Gasteiger partial charge in [-0.2, -0.15) is 11.8 Å². The summed E-state index contributed by atoms with van der Waals surface area (Å²) in [6, 6.07) is 16.9. The molecule has 21 heavy (non-hydrogen) atoms. The summed E-state index contributed by atoms with van der Waals surface area (Å²) in [4.78, 5) is 11.7. The third kappa shape index (κ3) is 5.49. The minimum absolute atomic E-state index is 0.0230. The molecule has 0 aliphatic carbocycles. The Balaban J connectivity index is 1.85. The summed E-state index contributed by atoms with van der Waals surface area (Å²) < 4.78 is 5.69. The van der Waals surface area contributed by atoms with Gasteiger partial charge < -0.3 is 15.8 Å². The number of benzene rings is 2. The largest absolute Gasteiger partial charge is 0.457 e. The maximum Gasteiger partial charge on any atom is 0.234 e. The molecule has 0 radical (unpaired) electrons. The maximum atomic E-state index is 11.7. The first-order valence-electron chi connectivity index (χ1n) is 6.68. The van der Waals surface area contributed by atoms with Crippen molar-refractivity contribution >= 4 is 23.4 Å². The van der Waals surface area contributed by atoms with Gasteiger partial charge in [0.15, 0.2) is 0 Å². The highest BCUT2D eigenvalue weighted by atomic mass is 32.2. The van der Waals surface area contributed by atoms with Gasteiger partial charge in [-0.15, -0.1) is 0 Å². The van der Waals surface area contributed by atoms with Gasteiger partial charge in [0.2, 0.25) is 5.91 Å². The lowest BCUT2D eigenvalue weighted by molar-refractivity contribution is -0.113. The molecule has 0 aliphatic heterocycles. The normalized spacial score (nSPS) is 10.1. The molecule has 110 valence electrons. The van der Waals surface area contributed by atoms with Crippen molar-refractivity contribution in [2.24, 2.45) is 5.73 Å². The van der Waals surface area contributed by atoms with Gasteiger partial charge in [-0.3, -0.25) is 4.79 Å². The van der Waals surface area contributed by atoms with Crippen molar-refractivity contribution in [2.75, 3.05) is 23.4 Å². The first-order chi connectivity index (χ1) is 10.3. The van der Waals surface area contributed by atoms with Crippen LogP contribution in [0.2, 0.25) is 0 Å². The average molecular weight is 302 g/mol. The van der Waals surface area contributed by atoms with Crippen LogP contribution in [0.1, 0.15) is 0 Å². The Bertz CT molecular complexity index is 558. The number of amides is 1. The lowest BCUT2D eigenvalue weighted by atomic mass is 10.3. The molecule has 5 heteroatoms. The molecule has 0 fully saturated rings. The quantitative estimate of drug-likeness (QED) is 0.771. The number of hydrogen-bond donors (Lipinski definition) is 2. The summed E-state index contributed by atoms with van der Waals surface area (Å²) in [5.41, 5.74) is 6.14. The van der Waals surface area contributed by atoms with E-state index in [2.05, 4.69) is 5.32 Å². The van der Waals surface area contributed by atoms with Crippen molar-refractivity contribution in [1.29, 1.82) is 0 Å². The van der Waals surface area contributed by atoms with Gasteiger partial charge in [-0.1, -0.05) is 18.2 Å². The zero-order chi connectivity index (χ0) is 14.9. The number of carbonyl (C=O) groups is 1. The molecule has 0 saturated carbocycles. The van der Waals surface area contributed by atoms with Crippen LogP contribution in [0.3, 0.4) is 0 Å². The van der Waals surface area contributed by atoms with E-state index < -0.39 is 0 Å². The second-order valence-electron chi connectivity index (χ2n) is 4.33. The number of para-hydroxylation sites is 1. The Morgan fingerprint density at radius 1 is 1.05 bits per heavy atom. The second kappa shape index (κ2) is 8.34. The zero-order valence-corrected chi connectivity index (χ0v) is 12.4. The van der Waals surface area contributed by atoms with Gasteiger partial charge in [-0.05, 0) is 36.4 Å². The molecule has 2 aromatic carbocycles. The van der Waals surface area contributed by atoms with Crippen LogP contribution < -0.4 is 15.8 Å². The van der Waals surface area contributed by atoms with E-state index >= 15 is 0 Å². The van der Waals surface area contributed by atoms with E-state index in [4.69, 9.17) is 10.5 Å². The lowest BCUT2D eigenvalue weighted by Gasteiger charge is -2.08. The number of hydrogen-bond acceptors (Lipinski definition) is 4. The molecule has 0 aliphatic rings. The third-order valence-corrected chi connectivity index (χ3v) is 3.60. The summed E-state index contributed by atoms with van der Waals surface area (Å²) in [7, 11) is 0. The first-order valence-corrected chi connectivity index (χ1v) is 7.84. The topological polar surface area (TPSA) is 64.4 Å². The number of thioether (sulfide) groups is 1. The summed E-state index contributed by atoms with van der Waals surface area (Å²) in [5, 5.41) is 2.84. The van der Waals surface area contributed by atoms with Crippen LogP contribution in [-0.2, 0) is 4.79 Å². The standard InChI is InChI=1S/C16H18N2O2S/c17-10-11-21-12-16(19)18-13-6-8-15(9-7-13)20-14-4-2-1-3-5-14/h1-9H,10-12,17H2,(H,18,19). The molecule has 0 bridgehead atoms. The van der Waals surface area contributed by atoms with E-state index in [1.54, 1.807) is 0 Å². The predicted molar refractivity (Wildman–Crippen MR) is 88.0 cm³/mol. The summed E-state index contributed by atoms with van der Waals surface area (Å²) in [6.45, 7) is 0.587. The molecule has 0 aromatic heterocycles. The van der Waals surface area contributed by atoms with E-state index in [1.807, 2.05) is 54.6 Å². The van der Waals surface area contributed by atoms with Crippen molar-refractivity contribution in [3.63, 3.8) is 0 Å². The zero-order valence-electron chi connectivity index (χ0n) is 11.6. The van der Waals surface area contributed by atoms with E-state index in [0.717, 1.165) is 22.9 Å². The van der Waals surface area contributed by atoms with E-state index in [0.29, 0.717) is 12.3 Å². The molecule has 2 rings (SSSR count). The first kappa shape index (κ1) is 15.4. The molecular weight excluding hydrogens is 284 g/mol. The average Bonchev–Trinajstić information content (AvgIpc) is 2.51. The minimum atomic E-state index is -0.0230. The second-order valence-corrected chi connectivity index (χ2v) is 5.43. The van der Waals surface area contributed by atoms with Crippen LogP contribution >= 0.6 is 11.8 Å². The fourth-order valence-corrected chi connectivity index (χ4v) is 2.24. The lowest BCUT2D eigenvalue weighted by Crippen LogP contribution is -2.15. The van der Waals surface area contributed by atoms with Gasteiger partial charge in [0, 0.05) is 18.0 Å². The number of carbonyl (C=O) groups excluding carboxylic acids is 1. The monoisotopic (exact) mass is 302 g/mol. The van der Waals surface area contributed by atoms with Crippen molar-refractivity contribution in [2.45, 2.75) is 0 Å². The molecule has 0 atom stereocenters. The highest BCUT2D eigenvalue weighted by Crippen LogP contribution is 2.22. The molecule has 0 unspecified atom stereocenters. The van der Waals surface area contributed by atoms with Crippen LogP contribution in [0.5, 0.6) is 11.5 Å². The third-order valence-electron chi connectivity index (χ3n) is 2.61. The number of anilines is 1. The van der Waals surface area contributed by atoms with Crippen molar-refractivity contribution in [1.82, 2.24) is 0 Å². The fourth-order valence-electron chi connectivity index (χ4n) is 1.68. The predicted octanol–water partition coefficient (Wildman–Crippen LogP) is 3.11. The molecule has 0 saturated heterocycles. The fraction of sp³-hybridized carbons (Fsp3) is 0.188. The van der Waals surface area contributed by atoms with Gasteiger partial charge in [0.05, 0.1) is 5.75 Å². The van der Waals surface area contributed by atoms with Crippen molar-refractivity contribution in [3.8, 4) is 11.5 Å². The van der Waals surface area contributed by atoms with Gasteiger partial charge in [0.1, 0.15) is 11.5 Å². The highest BCUT2D eigenvalue weighted by molar-refractivity contribution is 7.99. The summed E-state index contributed by atoms with van der Waals surface area (Å²) in [5.74, 6) is 2.70. The highest BCUT2D eigenvalue weighted by Gasteiger charge is 2.03. The van der Waals surface area contributed by atoms with Crippen LogP contribution in [-0.4, -0.2) is 24.0 Å². The SMILES string of the molecule is NCCSCC(=O)Nc1ccc(Oc2ccccc2)cc1. The van der Waals surface area contributed by atoms with Crippen LogP contribution in [0, 0.1) is 0 Å². The molecule has 2 aromatic rings. The molecule has 0 spiro atoms. The Labute approximate surface area is 128 Å². The van der Waals surface area contributed by atoms with Crippen molar-refractivity contribution < 1.29 is 9.53 Å². The van der Waals surface area contributed by atoms with E-state index in [1.165, 1.54) is 11.8 Å². The number of nitrogens with one attached hydrogen (secondary N) is 1. The van der Waals surface area contributed by atoms with Crippen LogP contribution in [0.15, 0.2) is 54.6 Å². The van der Waals surface area contributed by atoms with Gasteiger partial charge in [-0.25, -0.2) is 0 Å². The Morgan fingerprint density at radius 3 is 2.38 bits per heavy atom. The summed E-state index contributed by atoms with van der Waals surface area (Å²) >= 11 is 1.52. The Kier molecular flexibility index (Phi) is 6.12. The Morgan fingerprint density at radius 2 is 1.71 bits per heavy atom. The maximum absolute atomic E-state index is 11.7. The van der Waals surface area contributed by atoms with Crippen molar-refractivity contribution in [3.05, 3.63) is 54.6 Å². The molecule has 3 N–H and O–H groups in total. The number of nitrogens with two attached hydrogens (primary N) is 1. The summed E-state index contributed by atoms with van der Waals surface area (Å²) in [6.07, 6.45) is 0. The van der Waals surface area contributed by atoms with Gasteiger partial charge >= 0.3 is 0 Å². The number of rotatable bonds is 7. The van der Waals surface area contributed by atoms with Crippen LogP contribution in [0.4, 0.5) is 5.69 Å². The molecule has 0 heterocycles. The number of ether oxygens (including phenoxy) is 1.